The number of rotatable bonds is 4. The summed E-state index contributed by atoms with van der Waals surface area (Å²) >= 11 is 1.35. The highest BCUT2D eigenvalue weighted by Crippen LogP contribution is 2.27. The van der Waals surface area contributed by atoms with Gasteiger partial charge in [-0.05, 0) is 59.9 Å². The molecule has 0 spiro atoms. The normalized spacial score (nSPS) is 22.0. The number of phenols is 1. The Morgan fingerprint density at radius 1 is 1.24 bits per heavy atom. The Balaban J connectivity index is 1.71. The van der Waals surface area contributed by atoms with Crippen LogP contribution in [0, 0.1) is 11.8 Å². The fourth-order valence-electron chi connectivity index (χ4n) is 3.32. The number of benzene rings is 1. The summed E-state index contributed by atoms with van der Waals surface area (Å²) in [5.41, 5.74) is 0.741. The summed E-state index contributed by atoms with van der Waals surface area (Å²) in [6.07, 6.45) is 1.17. The van der Waals surface area contributed by atoms with Gasteiger partial charge in [0.05, 0.1) is 10.9 Å². The number of thioether (sulfide) groups is 1. The summed E-state index contributed by atoms with van der Waals surface area (Å²) in [6, 6.07) is 6.62. The standard InChI is InChI=1S/C17H23N5O2S/c1-11-8-12(2)10-21(9-11)16(24)13(3)25-17-18-19-20-22(17)14-4-6-15(23)7-5-14/h4-7,11-13,23H,8-10H2,1-3H3/t11-,12-,13-/m1/s1. The van der Waals surface area contributed by atoms with Gasteiger partial charge in [-0.25, -0.2) is 0 Å². The number of aromatic nitrogens is 4. The molecule has 0 bridgehead atoms. The minimum atomic E-state index is -0.264. The monoisotopic (exact) mass is 361 g/mol. The van der Waals surface area contributed by atoms with E-state index in [2.05, 4.69) is 29.4 Å². The van der Waals surface area contributed by atoms with E-state index in [-0.39, 0.29) is 16.9 Å². The highest BCUT2D eigenvalue weighted by Gasteiger charge is 2.29. The first-order valence-corrected chi connectivity index (χ1v) is 9.35. The molecule has 7 nitrogen and oxygen atoms in total. The van der Waals surface area contributed by atoms with Crippen LogP contribution < -0.4 is 0 Å². The first-order valence-electron chi connectivity index (χ1n) is 8.47. The molecule has 1 fully saturated rings. The van der Waals surface area contributed by atoms with Crippen LogP contribution in [-0.4, -0.2) is 54.5 Å². The third-order valence-electron chi connectivity index (χ3n) is 4.35. The van der Waals surface area contributed by atoms with Crippen LogP contribution in [0.5, 0.6) is 5.75 Å². The highest BCUT2D eigenvalue weighted by atomic mass is 32.2. The van der Waals surface area contributed by atoms with Crippen LogP contribution in [0.15, 0.2) is 29.4 Å². The molecule has 25 heavy (non-hydrogen) atoms. The molecule has 0 aliphatic carbocycles. The molecular weight excluding hydrogens is 338 g/mol. The molecule has 1 aliphatic rings. The number of hydrogen-bond acceptors (Lipinski definition) is 6. The van der Waals surface area contributed by atoms with Crippen LogP contribution in [0.25, 0.3) is 5.69 Å². The molecule has 1 aromatic heterocycles. The maximum absolute atomic E-state index is 12.8. The van der Waals surface area contributed by atoms with Gasteiger partial charge in [0.25, 0.3) is 0 Å². The van der Waals surface area contributed by atoms with Crippen LogP contribution in [0.3, 0.4) is 0 Å². The number of piperidine rings is 1. The van der Waals surface area contributed by atoms with Gasteiger partial charge in [-0.3, -0.25) is 4.79 Å². The number of nitrogens with zero attached hydrogens (tertiary/aromatic N) is 5. The van der Waals surface area contributed by atoms with Gasteiger partial charge in [-0.2, -0.15) is 4.68 Å². The molecule has 0 unspecified atom stereocenters. The number of likely N-dealkylation sites (tertiary alicyclic amines) is 1. The minimum Gasteiger partial charge on any atom is -0.508 e. The largest absolute Gasteiger partial charge is 0.508 e. The number of amides is 1. The summed E-state index contributed by atoms with van der Waals surface area (Å²) in [7, 11) is 0. The van der Waals surface area contributed by atoms with Gasteiger partial charge in [0, 0.05) is 13.1 Å². The second-order valence-corrected chi connectivity index (χ2v) is 8.15. The quantitative estimate of drug-likeness (QED) is 0.842. The Kier molecular flexibility index (Phi) is 5.27. The van der Waals surface area contributed by atoms with Gasteiger partial charge in [-0.1, -0.05) is 25.6 Å². The number of hydrogen-bond donors (Lipinski definition) is 1. The third kappa shape index (κ3) is 4.12. The molecule has 2 heterocycles. The van der Waals surface area contributed by atoms with E-state index in [9.17, 15) is 9.90 Å². The Hall–Kier alpha value is -2.09. The maximum Gasteiger partial charge on any atom is 0.235 e. The first kappa shape index (κ1) is 17.7. The Morgan fingerprint density at radius 3 is 2.52 bits per heavy atom. The summed E-state index contributed by atoms with van der Waals surface area (Å²) in [4.78, 5) is 14.8. The number of carbonyl (C=O) groups is 1. The van der Waals surface area contributed by atoms with E-state index in [0.29, 0.717) is 17.0 Å². The van der Waals surface area contributed by atoms with Crippen LogP contribution in [0.4, 0.5) is 0 Å². The van der Waals surface area contributed by atoms with Crippen molar-refractivity contribution in [2.24, 2.45) is 11.8 Å². The molecule has 3 atom stereocenters. The minimum absolute atomic E-state index is 0.128. The molecule has 0 radical (unpaired) electrons. The predicted molar refractivity (Wildman–Crippen MR) is 95.7 cm³/mol. The molecule has 1 amide bonds. The Labute approximate surface area is 151 Å². The van der Waals surface area contributed by atoms with Gasteiger partial charge in [0.15, 0.2) is 0 Å². The van der Waals surface area contributed by atoms with Crippen LogP contribution >= 0.6 is 11.8 Å². The number of carbonyl (C=O) groups excluding carboxylic acids is 1. The van der Waals surface area contributed by atoms with Gasteiger partial charge >= 0.3 is 0 Å². The Morgan fingerprint density at radius 2 is 1.88 bits per heavy atom. The Bertz CT molecular complexity index is 723. The van der Waals surface area contributed by atoms with Gasteiger partial charge in [0.2, 0.25) is 11.1 Å². The lowest BCUT2D eigenvalue weighted by Gasteiger charge is -2.36. The average molecular weight is 361 g/mol. The number of aromatic hydroxyl groups is 1. The smallest absolute Gasteiger partial charge is 0.235 e. The lowest BCUT2D eigenvalue weighted by atomic mass is 9.92. The molecule has 2 aromatic rings. The molecule has 134 valence electrons. The molecule has 1 saturated heterocycles. The summed E-state index contributed by atoms with van der Waals surface area (Å²) in [6.45, 7) is 7.92. The SMILES string of the molecule is C[C@@H]1C[C@@H](C)CN(C(=O)[C@@H](C)Sc2nnnn2-c2ccc(O)cc2)C1. The van der Waals surface area contributed by atoms with Gasteiger partial charge < -0.3 is 10.0 Å². The molecule has 3 rings (SSSR count). The third-order valence-corrected chi connectivity index (χ3v) is 5.37. The summed E-state index contributed by atoms with van der Waals surface area (Å²) in [5.74, 6) is 1.38. The van der Waals surface area contributed by atoms with E-state index in [0.717, 1.165) is 18.8 Å². The van der Waals surface area contributed by atoms with Crippen molar-refractivity contribution in [2.75, 3.05) is 13.1 Å². The fraction of sp³-hybridized carbons (Fsp3) is 0.529. The number of phenolic OH excluding ortho intramolecular Hbond substituents is 1. The average Bonchev–Trinajstić information content (AvgIpc) is 3.02. The van der Waals surface area contributed by atoms with E-state index in [1.54, 1.807) is 28.9 Å². The molecule has 1 aliphatic heterocycles. The molecular formula is C17H23N5O2S. The van der Waals surface area contributed by atoms with Crippen molar-refractivity contribution in [1.29, 1.82) is 0 Å². The lowest BCUT2D eigenvalue weighted by molar-refractivity contribution is -0.132. The lowest BCUT2D eigenvalue weighted by Crippen LogP contribution is -2.45. The van der Waals surface area contributed by atoms with Gasteiger partial charge in [0.1, 0.15) is 5.75 Å². The second kappa shape index (κ2) is 7.43. The fourth-order valence-corrected chi connectivity index (χ4v) is 4.21. The van der Waals surface area contributed by atoms with Crippen molar-refractivity contribution in [3.63, 3.8) is 0 Å². The van der Waals surface area contributed by atoms with Crippen molar-refractivity contribution < 1.29 is 9.90 Å². The van der Waals surface area contributed by atoms with Crippen molar-refractivity contribution in [2.45, 2.75) is 37.6 Å². The zero-order chi connectivity index (χ0) is 18.0. The van der Waals surface area contributed by atoms with E-state index < -0.39 is 0 Å². The second-order valence-electron chi connectivity index (χ2n) is 6.84. The number of tetrazole rings is 1. The van der Waals surface area contributed by atoms with Gasteiger partial charge in [-0.15, -0.1) is 5.10 Å². The van der Waals surface area contributed by atoms with Crippen LogP contribution in [-0.2, 0) is 4.79 Å². The van der Waals surface area contributed by atoms with Crippen LogP contribution in [0.2, 0.25) is 0 Å². The first-order chi connectivity index (χ1) is 11.9. The molecule has 0 saturated carbocycles. The molecule has 8 heteroatoms. The van der Waals surface area contributed by atoms with Crippen LogP contribution in [0.1, 0.15) is 27.2 Å². The van der Waals surface area contributed by atoms with Crippen molar-refractivity contribution in [3.05, 3.63) is 24.3 Å². The summed E-state index contributed by atoms with van der Waals surface area (Å²) < 4.78 is 1.58. The zero-order valence-electron chi connectivity index (χ0n) is 14.7. The van der Waals surface area contributed by atoms with Crippen molar-refractivity contribution in [1.82, 2.24) is 25.1 Å². The molecule has 1 aromatic carbocycles. The van der Waals surface area contributed by atoms with E-state index in [1.165, 1.54) is 18.2 Å². The van der Waals surface area contributed by atoms with E-state index in [4.69, 9.17) is 0 Å². The maximum atomic E-state index is 12.8. The van der Waals surface area contributed by atoms with E-state index in [1.807, 2.05) is 11.8 Å². The zero-order valence-corrected chi connectivity index (χ0v) is 15.5. The van der Waals surface area contributed by atoms with E-state index >= 15 is 0 Å². The summed E-state index contributed by atoms with van der Waals surface area (Å²) in [5, 5.41) is 21.5. The molecule has 1 N–H and O–H groups in total. The van der Waals surface area contributed by atoms with Crippen molar-refractivity contribution >= 4 is 17.7 Å². The predicted octanol–water partition coefficient (Wildman–Crippen LogP) is 2.35. The topological polar surface area (TPSA) is 84.1 Å². The highest BCUT2D eigenvalue weighted by molar-refractivity contribution is 8.00. The van der Waals surface area contributed by atoms with Crippen molar-refractivity contribution in [3.8, 4) is 11.4 Å².